The number of anilines is 1. The summed E-state index contributed by atoms with van der Waals surface area (Å²) in [7, 11) is 0. The first-order chi connectivity index (χ1) is 15.2. The third-order valence-corrected chi connectivity index (χ3v) is 5.78. The summed E-state index contributed by atoms with van der Waals surface area (Å²) in [6.45, 7) is 0.814. The average molecular weight is 466 g/mol. The van der Waals surface area contributed by atoms with Gasteiger partial charge in [-0.2, -0.15) is 13.2 Å². The maximum absolute atomic E-state index is 12.8. The van der Waals surface area contributed by atoms with Crippen molar-refractivity contribution in [2.24, 2.45) is 0 Å². The lowest BCUT2D eigenvalue weighted by atomic mass is 10.2. The second-order valence-electron chi connectivity index (χ2n) is 7.08. The molecular weight excluding hydrogens is 445 g/mol. The van der Waals surface area contributed by atoms with Crippen molar-refractivity contribution in [3.63, 3.8) is 0 Å². The largest absolute Gasteiger partial charge is 0.452 e. The van der Waals surface area contributed by atoms with Crippen molar-refractivity contribution in [1.82, 2.24) is 4.90 Å². The Kier molecular flexibility index (Phi) is 7.79. The number of amides is 2. The van der Waals surface area contributed by atoms with Crippen LogP contribution in [0.3, 0.4) is 0 Å². The van der Waals surface area contributed by atoms with E-state index in [9.17, 15) is 27.6 Å². The molecule has 3 rings (SSSR count). The zero-order chi connectivity index (χ0) is 23.1. The first kappa shape index (κ1) is 23.6. The van der Waals surface area contributed by atoms with E-state index in [1.165, 1.54) is 30.0 Å². The molecule has 0 atom stereocenters. The smallest absolute Gasteiger partial charge is 0.416 e. The second-order valence-corrected chi connectivity index (χ2v) is 8.09. The highest BCUT2D eigenvalue weighted by atomic mass is 32.2. The summed E-state index contributed by atoms with van der Waals surface area (Å²) in [5, 5.41) is 2.28. The van der Waals surface area contributed by atoms with Crippen LogP contribution < -0.4 is 5.32 Å². The van der Waals surface area contributed by atoms with Gasteiger partial charge in [0.1, 0.15) is 0 Å². The Balaban J connectivity index is 1.54. The molecule has 0 spiro atoms. The summed E-state index contributed by atoms with van der Waals surface area (Å²) in [4.78, 5) is 39.0. The van der Waals surface area contributed by atoms with Crippen molar-refractivity contribution in [3.05, 3.63) is 59.7 Å². The number of nitrogens with zero attached hydrogens (tertiary/aromatic N) is 1. The van der Waals surface area contributed by atoms with E-state index < -0.39 is 30.2 Å². The summed E-state index contributed by atoms with van der Waals surface area (Å²) in [6, 6.07) is 10.7. The van der Waals surface area contributed by atoms with Crippen LogP contribution in [0.25, 0.3) is 0 Å². The minimum atomic E-state index is -4.54. The summed E-state index contributed by atoms with van der Waals surface area (Å²) >= 11 is 1.21. The molecule has 10 heteroatoms. The summed E-state index contributed by atoms with van der Waals surface area (Å²) in [5.41, 5.74) is -0.752. The van der Waals surface area contributed by atoms with Gasteiger partial charge in [0.15, 0.2) is 6.61 Å². The molecule has 1 aliphatic heterocycles. The number of alkyl halides is 3. The first-order valence-corrected chi connectivity index (χ1v) is 10.9. The maximum Gasteiger partial charge on any atom is 0.416 e. The molecule has 1 heterocycles. The quantitative estimate of drug-likeness (QED) is 0.489. The molecule has 2 aromatic carbocycles. The number of halogens is 3. The van der Waals surface area contributed by atoms with E-state index in [0.29, 0.717) is 4.90 Å². The Bertz CT molecular complexity index is 991. The topological polar surface area (TPSA) is 75.7 Å². The average Bonchev–Trinajstić information content (AvgIpc) is 3.31. The molecule has 0 radical (unpaired) electrons. The normalized spacial score (nSPS) is 13.7. The van der Waals surface area contributed by atoms with Gasteiger partial charge in [0.25, 0.3) is 5.91 Å². The van der Waals surface area contributed by atoms with E-state index >= 15 is 0 Å². The minimum absolute atomic E-state index is 0.00358. The van der Waals surface area contributed by atoms with E-state index in [1.807, 2.05) is 0 Å². The number of nitrogens with one attached hydrogen (secondary N) is 1. The predicted molar refractivity (Wildman–Crippen MR) is 113 cm³/mol. The number of hydrogen-bond donors (Lipinski definition) is 1. The number of esters is 1. The third kappa shape index (κ3) is 6.49. The molecule has 0 unspecified atom stereocenters. The van der Waals surface area contributed by atoms with Crippen molar-refractivity contribution in [3.8, 4) is 0 Å². The van der Waals surface area contributed by atoms with Gasteiger partial charge < -0.3 is 15.0 Å². The molecule has 1 fully saturated rings. The number of rotatable bonds is 7. The number of benzene rings is 2. The molecule has 0 aromatic heterocycles. The molecule has 1 aliphatic rings. The van der Waals surface area contributed by atoms with Crippen LogP contribution in [0.2, 0.25) is 0 Å². The molecule has 170 valence electrons. The van der Waals surface area contributed by atoms with Crippen LogP contribution in [0, 0.1) is 0 Å². The molecule has 6 nitrogen and oxygen atoms in total. The van der Waals surface area contributed by atoms with E-state index in [-0.39, 0.29) is 22.9 Å². The maximum atomic E-state index is 12.8. The molecule has 0 aliphatic carbocycles. The van der Waals surface area contributed by atoms with E-state index in [4.69, 9.17) is 4.74 Å². The molecule has 1 N–H and O–H groups in total. The molecule has 32 heavy (non-hydrogen) atoms. The van der Waals surface area contributed by atoms with Crippen LogP contribution in [0.5, 0.6) is 0 Å². The molecule has 0 saturated carbocycles. The fourth-order valence-corrected chi connectivity index (χ4v) is 4.08. The van der Waals surface area contributed by atoms with Gasteiger partial charge in [-0.3, -0.25) is 9.59 Å². The number of carbonyl (C=O) groups excluding carboxylic acids is 3. The van der Waals surface area contributed by atoms with Crippen molar-refractivity contribution < 1.29 is 32.3 Å². The third-order valence-electron chi connectivity index (χ3n) is 4.72. The molecule has 1 saturated heterocycles. The Hall–Kier alpha value is -3.01. The van der Waals surface area contributed by atoms with Gasteiger partial charge in [-0.25, -0.2) is 4.79 Å². The Morgan fingerprint density at radius 1 is 1.03 bits per heavy atom. The second kappa shape index (κ2) is 10.5. The van der Waals surface area contributed by atoms with Gasteiger partial charge in [0.2, 0.25) is 5.91 Å². The fraction of sp³-hybridized carbons (Fsp3) is 0.318. The molecule has 0 bridgehead atoms. The summed E-state index contributed by atoms with van der Waals surface area (Å²) < 4.78 is 43.4. The van der Waals surface area contributed by atoms with Gasteiger partial charge in [-0.15, -0.1) is 11.8 Å². The Labute approximate surface area is 187 Å². The minimum Gasteiger partial charge on any atom is -0.452 e. The first-order valence-electron chi connectivity index (χ1n) is 9.88. The number of ether oxygens (including phenoxy) is 1. The number of hydrogen-bond acceptors (Lipinski definition) is 5. The highest BCUT2D eigenvalue weighted by Gasteiger charge is 2.30. The van der Waals surface area contributed by atoms with Crippen molar-refractivity contribution >= 4 is 35.2 Å². The SMILES string of the molecule is O=C(COC(=O)c1ccccc1SCC(=O)N1CCCC1)Nc1cccc(C(F)(F)F)c1. The standard InChI is InChI=1S/C22H21F3N2O4S/c23-22(24,25)15-6-5-7-16(12-15)26-19(28)13-31-21(30)17-8-1-2-9-18(17)32-14-20(29)27-10-3-4-11-27/h1-2,5-9,12H,3-4,10-11,13-14H2,(H,26,28). The number of thioether (sulfide) groups is 1. The predicted octanol–water partition coefficient (Wildman–Crippen LogP) is 4.22. The Morgan fingerprint density at radius 3 is 2.47 bits per heavy atom. The fourth-order valence-electron chi connectivity index (χ4n) is 3.14. The highest BCUT2D eigenvalue weighted by molar-refractivity contribution is 8.00. The van der Waals surface area contributed by atoms with E-state index in [0.717, 1.165) is 38.1 Å². The number of likely N-dealkylation sites (tertiary alicyclic amines) is 1. The zero-order valence-electron chi connectivity index (χ0n) is 17.0. The van der Waals surface area contributed by atoms with Gasteiger partial charge in [0.05, 0.1) is 16.9 Å². The van der Waals surface area contributed by atoms with Crippen molar-refractivity contribution in [1.29, 1.82) is 0 Å². The van der Waals surface area contributed by atoms with Crippen molar-refractivity contribution in [2.75, 3.05) is 30.8 Å². The van der Waals surface area contributed by atoms with Crippen LogP contribution >= 0.6 is 11.8 Å². The lowest BCUT2D eigenvalue weighted by Crippen LogP contribution is -2.29. The van der Waals surface area contributed by atoms with Gasteiger partial charge in [0, 0.05) is 23.7 Å². The highest BCUT2D eigenvalue weighted by Crippen LogP contribution is 2.30. The van der Waals surface area contributed by atoms with Crippen LogP contribution in [0.15, 0.2) is 53.4 Å². The van der Waals surface area contributed by atoms with Crippen LogP contribution in [0.1, 0.15) is 28.8 Å². The van der Waals surface area contributed by atoms with Crippen LogP contribution in [-0.4, -0.2) is 48.1 Å². The molecule has 2 amide bonds. The summed E-state index contributed by atoms with van der Waals surface area (Å²) in [6.07, 6.45) is -2.56. The monoisotopic (exact) mass is 466 g/mol. The van der Waals surface area contributed by atoms with Gasteiger partial charge in [-0.1, -0.05) is 18.2 Å². The van der Waals surface area contributed by atoms with Crippen LogP contribution in [0.4, 0.5) is 18.9 Å². The molecule has 2 aromatic rings. The van der Waals surface area contributed by atoms with Gasteiger partial charge >= 0.3 is 12.1 Å². The van der Waals surface area contributed by atoms with Crippen molar-refractivity contribution in [2.45, 2.75) is 23.9 Å². The lowest BCUT2D eigenvalue weighted by Gasteiger charge is -2.15. The summed E-state index contributed by atoms with van der Waals surface area (Å²) in [5.74, 6) is -1.36. The number of carbonyl (C=O) groups is 3. The Morgan fingerprint density at radius 2 is 1.75 bits per heavy atom. The van der Waals surface area contributed by atoms with Gasteiger partial charge in [-0.05, 0) is 43.2 Å². The molecular formula is C22H21F3N2O4S. The van der Waals surface area contributed by atoms with E-state index in [1.54, 1.807) is 23.1 Å². The van der Waals surface area contributed by atoms with Crippen LogP contribution in [-0.2, 0) is 20.5 Å². The lowest BCUT2D eigenvalue weighted by molar-refractivity contribution is -0.137. The zero-order valence-corrected chi connectivity index (χ0v) is 17.8. The van der Waals surface area contributed by atoms with E-state index in [2.05, 4.69) is 5.32 Å².